The van der Waals surface area contributed by atoms with Gasteiger partial charge in [-0.15, -0.1) is 0 Å². The lowest BCUT2D eigenvalue weighted by Gasteiger charge is -2.33. The van der Waals surface area contributed by atoms with Gasteiger partial charge in [-0.3, -0.25) is 25.0 Å². The maximum absolute atomic E-state index is 12.3. The van der Waals surface area contributed by atoms with Crippen LogP contribution >= 0.6 is 0 Å². The van der Waals surface area contributed by atoms with Gasteiger partial charge in [0.1, 0.15) is 5.54 Å². The smallest absolute Gasteiger partial charge is 0.325 e. The van der Waals surface area contributed by atoms with Crippen molar-refractivity contribution in [2.24, 2.45) is 17.8 Å². The van der Waals surface area contributed by atoms with Gasteiger partial charge in [0.15, 0.2) is 0 Å². The number of aryl methyl sites for hydroxylation is 1. The van der Waals surface area contributed by atoms with Crippen LogP contribution in [-0.2, 0) is 14.4 Å². The maximum Gasteiger partial charge on any atom is 0.325 e. The molecule has 3 N–H and O–H groups in total. The predicted octanol–water partition coefficient (Wildman–Crippen LogP) is 1.01. The molecule has 1 aromatic rings. The molecule has 6 heteroatoms. The molecule has 1 aromatic carbocycles. The topological polar surface area (TPSA) is 95.5 Å². The van der Waals surface area contributed by atoms with Crippen LogP contribution in [0, 0.1) is 24.7 Å². The van der Waals surface area contributed by atoms with Crippen LogP contribution < -0.4 is 10.6 Å². The molecule has 0 aliphatic carbocycles. The molecule has 2 heterocycles. The van der Waals surface area contributed by atoms with Gasteiger partial charge in [-0.05, 0) is 24.0 Å². The van der Waals surface area contributed by atoms with Gasteiger partial charge in [-0.1, -0.05) is 38.1 Å². The van der Waals surface area contributed by atoms with Gasteiger partial charge < -0.3 is 5.11 Å². The summed E-state index contributed by atoms with van der Waals surface area (Å²) < 4.78 is 0. The average Bonchev–Trinajstić information content (AvgIpc) is 2.98. The summed E-state index contributed by atoms with van der Waals surface area (Å²) in [5, 5.41) is 15.3. The number of fused-ring (bicyclic) bond motifs is 1. The van der Waals surface area contributed by atoms with Crippen molar-refractivity contribution in [3.05, 3.63) is 35.4 Å². The Morgan fingerprint density at radius 1 is 1.22 bits per heavy atom. The minimum Gasteiger partial charge on any atom is -0.480 e. The molecule has 122 valence electrons. The number of hydrogen-bond donors (Lipinski definition) is 3. The van der Waals surface area contributed by atoms with Gasteiger partial charge in [0, 0.05) is 6.04 Å². The molecule has 4 atom stereocenters. The first-order chi connectivity index (χ1) is 10.8. The molecular weight excluding hydrogens is 296 g/mol. The Labute approximate surface area is 134 Å². The van der Waals surface area contributed by atoms with Gasteiger partial charge in [-0.25, -0.2) is 0 Å². The molecule has 4 unspecified atom stereocenters. The Morgan fingerprint density at radius 2 is 1.87 bits per heavy atom. The van der Waals surface area contributed by atoms with E-state index in [0.29, 0.717) is 0 Å². The zero-order valence-corrected chi connectivity index (χ0v) is 13.3. The van der Waals surface area contributed by atoms with E-state index in [2.05, 4.69) is 10.6 Å². The van der Waals surface area contributed by atoms with E-state index in [-0.39, 0.29) is 5.92 Å². The van der Waals surface area contributed by atoms with Crippen molar-refractivity contribution in [1.29, 1.82) is 0 Å². The number of carbonyl (C=O) groups excluding carboxylic acids is 2. The van der Waals surface area contributed by atoms with Crippen LogP contribution in [0.5, 0.6) is 0 Å². The van der Waals surface area contributed by atoms with Crippen molar-refractivity contribution in [3.63, 3.8) is 0 Å². The largest absolute Gasteiger partial charge is 0.480 e. The number of rotatable bonds is 3. The van der Waals surface area contributed by atoms with Crippen LogP contribution in [0.3, 0.4) is 0 Å². The highest BCUT2D eigenvalue weighted by molar-refractivity contribution is 6.09. The lowest BCUT2D eigenvalue weighted by molar-refractivity contribution is -0.151. The summed E-state index contributed by atoms with van der Waals surface area (Å²) in [6.45, 7) is 5.43. The molecule has 2 saturated heterocycles. The third kappa shape index (κ3) is 2.01. The molecular formula is C17H20N2O4. The zero-order chi connectivity index (χ0) is 16.9. The molecule has 6 nitrogen and oxygen atoms in total. The van der Waals surface area contributed by atoms with Gasteiger partial charge in [0.2, 0.25) is 11.8 Å². The van der Waals surface area contributed by atoms with Crippen molar-refractivity contribution >= 4 is 17.8 Å². The standard InChI is InChI=1S/C17H20N2O4/c1-8(2)17(16(22)23)12-11(14(20)18-15(12)21)13(19-17)10-7-5-4-6-9(10)3/h4-8,11-13,19H,1-3H3,(H,22,23)(H,18,20,21). The van der Waals surface area contributed by atoms with Crippen molar-refractivity contribution in [3.8, 4) is 0 Å². The second-order valence-electron chi connectivity index (χ2n) is 6.66. The molecule has 0 aromatic heterocycles. The zero-order valence-electron chi connectivity index (χ0n) is 13.3. The fourth-order valence-corrected chi connectivity index (χ4v) is 4.04. The summed E-state index contributed by atoms with van der Waals surface area (Å²) in [6, 6.07) is 7.03. The van der Waals surface area contributed by atoms with E-state index in [1.54, 1.807) is 13.8 Å². The van der Waals surface area contributed by atoms with Crippen LogP contribution in [0.1, 0.15) is 31.0 Å². The normalized spacial score (nSPS) is 33.0. The van der Waals surface area contributed by atoms with E-state index in [1.807, 2.05) is 31.2 Å². The molecule has 0 radical (unpaired) electrons. The number of nitrogens with one attached hydrogen (secondary N) is 2. The molecule has 0 saturated carbocycles. The second kappa shape index (κ2) is 5.16. The van der Waals surface area contributed by atoms with E-state index in [9.17, 15) is 19.5 Å². The molecule has 2 fully saturated rings. The summed E-state index contributed by atoms with van der Waals surface area (Å²) in [4.78, 5) is 36.7. The van der Waals surface area contributed by atoms with E-state index < -0.39 is 41.2 Å². The minimum atomic E-state index is -1.45. The Balaban J connectivity index is 2.18. The van der Waals surface area contributed by atoms with Gasteiger partial charge >= 0.3 is 5.97 Å². The van der Waals surface area contributed by atoms with E-state index in [0.717, 1.165) is 11.1 Å². The number of carboxylic acid groups (broad SMARTS) is 1. The fourth-order valence-electron chi connectivity index (χ4n) is 4.04. The van der Waals surface area contributed by atoms with Crippen LogP contribution in [0.15, 0.2) is 24.3 Å². The first kappa shape index (κ1) is 15.7. The molecule has 2 amide bonds. The summed E-state index contributed by atoms with van der Waals surface area (Å²) in [5.41, 5.74) is 0.366. The Kier molecular flexibility index (Phi) is 3.52. The molecule has 2 aliphatic heterocycles. The van der Waals surface area contributed by atoms with E-state index in [4.69, 9.17) is 0 Å². The predicted molar refractivity (Wildman–Crippen MR) is 82.4 cm³/mol. The highest BCUT2D eigenvalue weighted by Gasteiger charge is 2.67. The second-order valence-corrected chi connectivity index (χ2v) is 6.66. The minimum absolute atomic E-state index is 0.349. The molecule has 0 spiro atoms. The Hall–Kier alpha value is -2.21. The summed E-state index contributed by atoms with van der Waals surface area (Å²) in [5.74, 6) is -3.95. The number of carboxylic acids is 1. The summed E-state index contributed by atoms with van der Waals surface area (Å²) in [6.07, 6.45) is 0. The average molecular weight is 316 g/mol. The highest BCUT2D eigenvalue weighted by atomic mass is 16.4. The van der Waals surface area contributed by atoms with E-state index in [1.165, 1.54) is 0 Å². The summed E-state index contributed by atoms with van der Waals surface area (Å²) in [7, 11) is 0. The Morgan fingerprint density at radius 3 is 2.43 bits per heavy atom. The number of benzene rings is 1. The van der Waals surface area contributed by atoms with Crippen LogP contribution in [-0.4, -0.2) is 28.4 Å². The van der Waals surface area contributed by atoms with Gasteiger partial charge in [0.05, 0.1) is 11.8 Å². The first-order valence-electron chi connectivity index (χ1n) is 7.72. The lowest BCUT2D eigenvalue weighted by Crippen LogP contribution is -2.59. The molecule has 3 rings (SSSR count). The lowest BCUT2D eigenvalue weighted by atomic mass is 9.73. The highest BCUT2D eigenvalue weighted by Crippen LogP contribution is 2.49. The van der Waals surface area contributed by atoms with Crippen LogP contribution in [0.4, 0.5) is 0 Å². The number of hydrogen-bond acceptors (Lipinski definition) is 4. The first-order valence-corrected chi connectivity index (χ1v) is 7.72. The SMILES string of the molecule is Cc1ccccc1C1NC(C(=O)O)(C(C)C)C2C(=O)NC(=O)C12. The van der Waals surface area contributed by atoms with Gasteiger partial charge in [0.25, 0.3) is 0 Å². The van der Waals surface area contributed by atoms with E-state index >= 15 is 0 Å². The number of aliphatic carboxylic acids is 1. The number of imide groups is 1. The molecule has 2 aliphatic rings. The van der Waals surface area contributed by atoms with Crippen molar-refractivity contribution < 1.29 is 19.5 Å². The Bertz CT molecular complexity index is 700. The van der Waals surface area contributed by atoms with Crippen molar-refractivity contribution in [2.75, 3.05) is 0 Å². The fraction of sp³-hybridized carbons (Fsp3) is 0.471. The van der Waals surface area contributed by atoms with Crippen molar-refractivity contribution in [2.45, 2.75) is 32.4 Å². The van der Waals surface area contributed by atoms with Gasteiger partial charge in [-0.2, -0.15) is 0 Å². The molecule has 23 heavy (non-hydrogen) atoms. The third-order valence-corrected chi connectivity index (χ3v) is 5.22. The summed E-state index contributed by atoms with van der Waals surface area (Å²) >= 11 is 0. The molecule has 0 bridgehead atoms. The third-order valence-electron chi connectivity index (χ3n) is 5.22. The van der Waals surface area contributed by atoms with Crippen molar-refractivity contribution in [1.82, 2.24) is 10.6 Å². The monoisotopic (exact) mass is 316 g/mol. The number of carbonyl (C=O) groups is 3. The maximum atomic E-state index is 12.3. The number of amides is 2. The van der Waals surface area contributed by atoms with Crippen LogP contribution in [0.25, 0.3) is 0 Å². The van der Waals surface area contributed by atoms with Crippen LogP contribution in [0.2, 0.25) is 0 Å². The quantitative estimate of drug-likeness (QED) is 0.723.